The number of hydrogen-bond donors (Lipinski definition) is 1. The van der Waals surface area contributed by atoms with E-state index in [0.29, 0.717) is 11.5 Å². The van der Waals surface area contributed by atoms with Crippen molar-refractivity contribution in [3.05, 3.63) is 53.7 Å². The zero-order valence-corrected chi connectivity index (χ0v) is 15.1. The van der Waals surface area contributed by atoms with Gasteiger partial charge in [0.05, 0.1) is 13.5 Å². The number of ether oxygens (including phenoxy) is 2. The molecule has 3 rings (SSSR count). The Bertz CT molecular complexity index is 864. The van der Waals surface area contributed by atoms with Gasteiger partial charge < -0.3 is 24.1 Å². The Morgan fingerprint density at radius 2 is 2.00 bits per heavy atom. The maximum atomic E-state index is 12.9. The van der Waals surface area contributed by atoms with Crippen LogP contribution < -0.4 is 10.1 Å². The SMILES string of the molecule is COC(=O)CC1C(=O)NCCN1C(=O)c1ccc(COc2ccc(F)cc2)o1. The Morgan fingerprint density at radius 3 is 2.71 bits per heavy atom. The summed E-state index contributed by atoms with van der Waals surface area (Å²) in [5.41, 5.74) is 0. The average Bonchev–Trinajstić information content (AvgIpc) is 3.17. The number of nitrogens with one attached hydrogen (secondary N) is 1. The van der Waals surface area contributed by atoms with E-state index in [-0.39, 0.29) is 37.7 Å². The molecule has 1 N–H and O–H groups in total. The van der Waals surface area contributed by atoms with E-state index in [2.05, 4.69) is 10.1 Å². The molecule has 2 aromatic rings. The van der Waals surface area contributed by atoms with Crippen LogP contribution in [0.15, 0.2) is 40.8 Å². The number of furan rings is 1. The molecule has 8 nitrogen and oxygen atoms in total. The highest BCUT2D eigenvalue weighted by Gasteiger charge is 2.36. The number of halogens is 1. The number of hydrogen-bond acceptors (Lipinski definition) is 6. The maximum Gasteiger partial charge on any atom is 0.308 e. The topological polar surface area (TPSA) is 98.1 Å². The monoisotopic (exact) mass is 390 g/mol. The Kier molecular flexibility index (Phi) is 5.93. The van der Waals surface area contributed by atoms with Gasteiger partial charge in [-0.05, 0) is 36.4 Å². The first-order chi connectivity index (χ1) is 13.5. The molecule has 1 aromatic heterocycles. The largest absolute Gasteiger partial charge is 0.486 e. The van der Waals surface area contributed by atoms with Crippen molar-refractivity contribution in [1.29, 1.82) is 0 Å². The second-order valence-corrected chi connectivity index (χ2v) is 6.09. The number of carbonyl (C=O) groups is 3. The van der Waals surface area contributed by atoms with Crippen LogP contribution in [0.1, 0.15) is 22.7 Å². The van der Waals surface area contributed by atoms with Gasteiger partial charge in [0.2, 0.25) is 5.91 Å². The van der Waals surface area contributed by atoms with Crippen LogP contribution in [0.25, 0.3) is 0 Å². The molecule has 1 aromatic carbocycles. The molecule has 1 unspecified atom stereocenters. The lowest BCUT2D eigenvalue weighted by atomic mass is 10.1. The molecule has 9 heteroatoms. The smallest absolute Gasteiger partial charge is 0.308 e. The van der Waals surface area contributed by atoms with E-state index in [9.17, 15) is 18.8 Å². The lowest BCUT2D eigenvalue weighted by molar-refractivity contribution is -0.145. The minimum absolute atomic E-state index is 0.0299. The Balaban J connectivity index is 1.67. The summed E-state index contributed by atoms with van der Waals surface area (Å²) >= 11 is 0. The van der Waals surface area contributed by atoms with Gasteiger partial charge in [0.25, 0.3) is 5.91 Å². The fourth-order valence-electron chi connectivity index (χ4n) is 2.80. The van der Waals surface area contributed by atoms with Crippen LogP contribution in [0.4, 0.5) is 4.39 Å². The highest BCUT2D eigenvalue weighted by molar-refractivity contribution is 5.97. The van der Waals surface area contributed by atoms with E-state index < -0.39 is 23.8 Å². The standard InChI is InChI=1S/C19H19FN2O6/c1-26-17(23)10-15-18(24)21-8-9-22(15)19(25)16-7-6-14(28-16)11-27-13-4-2-12(20)3-5-13/h2-7,15H,8-11H2,1H3,(H,21,24). The second kappa shape index (κ2) is 8.55. The Labute approximate surface area is 160 Å². The number of esters is 1. The number of benzene rings is 1. The molecular weight excluding hydrogens is 371 g/mol. The van der Waals surface area contributed by atoms with Crippen molar-refractivity contribution in [3.63, 3.8) is 0 Å². The van der Waals surface area contributed by atoms with Gasteiger partial charge in [0.15, 0.2) is 5.76 Å². The van der Waals surface area contributed by atoms with E-state index in [0.717, 1.165) is 0 Å². The van der Waals surface area contributed by atoms with Gasteiger partial charge in [0.1, 0.15) is 30.0 Å². The third-order valence-corrected chi connectivity index (χ3v) is 4.25. The normalized spacial score (nSPS) is 16.4. The van der Waals surface area contributed by atoms with E-state index >= 15 is 0 Å². The molecule has 0 saturated carbocycles. The van der Waals surface area contributed by atoms with Crippen LogP contribution >= 0.6 is 0 Å². The van der Waals surface area contributed by atoms with Crippen molar-refractivity contribution in [2.75, 3.05) is 20.2 Å². The molecule has 1 atom stereocenters. The van der Waals surface area contributed by atoms with Crippen molar-refractivity contribution in [2.45, 2.75) is 19.1 Å². The molecule has 148 valence electrons. The van der Waals surface area contributed by atoms with Gasteiger partial charge in [-0.25, -0.2) is 4.39 Å². The minimum atomic E-state index is -0.960. The molecule has 1 fully saturated rings. The summed E-state index contributed by atoms with van der Waals surface area (Å²) in [4.78, 5) is 37.7. The van der Waals surface area contributed by atoms with Crippen molar-refractivity contribution in [2.24, 2.45) is 0 Å². The third-order valence-electron chi connectivity index (χ3n) is 4.25. The van der Waals surface area contributed by atoms with E-state index in [1.165, 1.54) is 42.3 Å². The molecule has 0 spiro atoms. The van der Waals surface area contributed by atoms with Gasteiger partial charge in [0, 0.05) is 13.1 Å². The third kappa shape index (κ3) is 4.48. The molecule has 0 radical (unpaired) electrons. The van der Waals surface area contributed by atoms with Crippen LogP contribution in [-0.4, -0.2) is 48.9 Å². The van der Waals surface area contributed by atoms with Gasteiger partial charge >= 0.3 is 5.97 Å². The summed E-state index contributed by atoms with van der Waals surface area (Å²) in [7, 11) is 1.22. The van der Waals surface area contributed by atoms with Crippen molar-refractivity contribution >= 4 is 17.8 Å². The first-order valence-corrected chi connectivity index (χ1v) is 8.60. The fraction of sp³-hybridized carbons (Fsp3) is 0.316. The van der Waals surface area contributed by atoms with Crippen LogP contribution in [0, 0.1) is 5.82 Å². The predicted molar refractivity (Wildman–Crippen MR) is 93.9 cm³/mol. The Hall–Kier alpha value is -3.36. The zero-order valence-electron chi connectivity index (χ0n) is 15.1. The van der Waals surface area contributed by atoms with Gasteiger partial charge in [-0.2, -0.15) is 0 Å². The van der Waals surface area contributed by atoms with Crippen LogP contribution in [0.2, 0.25) is 0 Å². The van der Waals surface area contributed by atoms with Crippen LogP contribution in [0.5, 0.6) is 5.75 Å². The molecule has 1 aliphatic heterocycles. The summed E-state index contributed by atoms with van der Waals surface area (Å²) < 4.78 is 28.5. The number of piperazine rings is 1. The number of nitrogens with zero attached hydrogens (tertiary/aromatic N) is 1. The van der Waals surface area contributed by atoms with Gasteiger partial charge in [-0.3, -0.25) is 14.4 Å². The van der Waals surface area contributed by atoms with E-state index in [4.69, 9.17) is 9.15 Å². The fourth-order valence-corrected chi connectivity index (χ4v) is 2.80. The summed E-state index contributed by atoms with van der Waals surface area (Å²) in [5, 5.41) is 2.63. The van der Waals surface area contributed by atoms with E-state index in [1.807, 2.05) is 0 Å². The van der Waals surface area contributed by atoms with Crippen molar-refractivity contribution in [1.82, 2.24) is 10.2 Å². The van der Waals surface area contributed by atoms with E-state index in [1.54, 1.807) is 6.07 Å². The number of carbonyl (C=O) groups excluding carboxylic acids is 3. The molecule has 1 saturated heterocycles. The number of amides is 2. The van der Waals surface area contributed by atoms with Crippen LogP contribution in [-0.2, 0) is 20.9 Å². The summed E-state index contributed by atoms with van der Waals surface area (Å²) in [6.45, 7) is 0.572. The number of methoxy groups -OCH3 is 1. The zero-order chi connectivity index (χ0) is 20.1. The lowest BCUT2D eigenvalue weighted by Gasteiger charge is -2.33. The maximum absolute atomic E-state index is 12.9. The molecule has 2 heterocycles. The summed E-state index contributed by atoms with van der Waals surface area (Å²) in [6, 6.07) is 7.61. The van der Waals surface area contributed by atoms with Crippen LogP contribution in [0.3, 0.4) is 0 Å². The molecule has 0 aliphatic carbocycles. The summed E-state index contributed by atoms with van der Waals surface area (Å²) in [6.07, 6.45) is -0.241. The quantitative estimate of drug-likeness (QED) is 0.751. The number of rotatable bonds is 6. The molecule has 0 bridgehead atoms. The molecular formula is C19H19FN2O6. The van der Waals surface area contributed by atoms with Gasteiger partial charge in [-0.1, -0.05) is 0 Å². The molecule has 28 heavy (non-hydrogen) atoms. The van der Waals surface area contributed by atoms with Crippen molar-refractivity contribution in [3.8, 4) is 5.75 Å². The Morgan fingerprint density at radius 1 is 1.25 bits per heavy atom. The first-order valence-electron chi connectivity index (χ1n) is 8.60. The molecule has 2 amide bonds. The minimum Gasteiger partial charge on any atom is -0.486 e. The van der Waals surface area contributed by atoms with Gasteiger partial charge in [-0.15, -0.1) is 0 Å². The molecule has 1 aliphatic rings. The lowest BCUT2D eigenvalue weighted by Crippen LogP contribution is -2.57. The first kappa shape index (κ1) is 19.4. The second-order valence-electron chi connectivity index (χ2n) is 6.09. The van der Waals surface area contributed by atoms with Crippen molar-refractivity contribution < 1.29 is 32.7 Å². The summed E-state index contributed by atoms with van der Waals surface area (Å²) in [5.74, 6) is -1.01. The highest BCUT2D eigenvalue weighted by atomic mass is 19.1. The predicted octanol–water partition coefficient (Wildman–Crippen LogP) is 1.50. The highest BCUT2D eigenvalue weighted by Crippen LogP contribution is 2.19. The average molecular weight is 390 g/mol.